The summed E-state index contributed by atoms with van der Waals surface area (Å²) in [6.07, 6.45) is 3.03. The lowest BCUT2D eigenvalue weighted by Crippen LogP contribution is -2.50. The van der Waals surface area contributed by atoms with Crippen LogP contribution in [-0.2, 0) is 4.79 Å². The van der Waals surface area contributed by atoms with Crippen LogP contribution in [0.25, 0.3) is 0 Å². The number of carbonyl (C=O) groups excluding carboxylic acids is 1. The molecule has 0 radical (unpaired) electrons. The molecule has 4 aliphatic carbocycles. The number of Topliss-reactive ketones (excluding diaryl/α,β-unsaturated/α-hetero) is 1. The van der Waals surface area contributed by atoms with Crippen molar-refractivity contribution in [3.63, 3.8) is 0 Å². The summed E-state index contributed by atoms with van der Waals surface area (Å²) in [4.78, 5) is 12.1. The number of allylic oxidation sites excluding steroid dienone is 4. The van der Waals surface area contributed by atoms with Crippen molar-refractivity contribution in [3.8, 4) is 0 Å². The number of hydrogen-bond donors (Lipinski definition) is 3. The number of carbonyl (C=O) groups is 1. The maximum Gasteiger partial charge on any atom is 0.461 e. The van der Waals surface area contributed by atoms with E-state index >= 15 is 0 Å². The minimum atomic E-state index is -5.99. The van der Waals surface area contributed by atoms with E-state index in [4.69, 9.17) is 0 Å². The molecule has 4 rings (SSSR count). The van der Waals surface area contributed by atoms with Crippen molar-refractivity contribution >= 4 is 5.78 Å². The van der Waals surface area contributed by atoms with Gasteiger partial charge in [0.15, 0.2) is 0 Å². The Morgan fingerprint density at radius 1 is 1.08 bits per heavy atom. The summed E-state index contributed by atoms with van der Waals surface area (Å²) in [6.45, 7) is 8.17. The molecule has 0 saturated heterocycles. The van der Waals surface area contributed by atoms with E-state index in [0.29, 0.717) is 17.9 Å². The zero-order valence-corrected chi connectivity index (χ0v) is 22.5. The van der Waals surface area contributed by atoms with Crippen molar-refractivity contribution < 1.29 is 42.1 Å². The fourth-order valence-corrected chi connectivity index (χ4v) is 7.44. The Kier molecular flexibility index (Phi) is 8.13. The molecule has 0 amide bonds. The third-order valence-electron chi connectivity index (χ3n) is 9.98. The molecular formula is C30H39F5O4. The van der Waals surface area contributed by atoms with Gasteiger partial charge < -0.3 is 15.3 Å². The highest BCUT2D eigenvalue weighted by Crippen LogP contribution is 2.60. The normalized spacial score (nSPS) is 36.8. The lowest BCUT2D eigenvalue weighted by Gasteiger charge is -2.44. The fraction of sp³-hybridized carbons (Fsp3) is 0.700. The number of ketones is 1. The third kappa shape index (κ3) is 5.43. The summed E-state index contributed by atoms with van der Waals surface area (Å²) in [5.41, 5.74) is 0.638. The molecule has 0 aromatic rings. The molecule has 4 aliphatic rings. The van der Waals surface area contributed by atoms with Gasteiger partial charge in [0.2, 0.25) is 5.78 Å². The summed E-state index contributed by atoms with van der Waals surface area (Å²) in [5, 5.41) is 30.7. The van der Waals surface area contributed by atoms with Crippen LogP contribution in [0.3, 0.4) is 0 Å². The number of hydrogen-bond acceptors (Lipinski definition) is 4. The van der Waals surface area contributed by atoms with Gasteiger partial charge in [-0.15, -0.1) is 0 Å². The molecule has 9 heteroatoms. The van der Waals surface area contributed by atoms with Crippen LogP contribution in [0.2, 0.25) is 0 Å². The smallest absolute Gasteiger partial charge is 0.393 e. The molecule has 4 nitrogen and oxygen atoms in total. The van der Waals surface area contributed by atoms with E-state index in [-0.39, 0.29) is 36.5 Å². The number of rotatable bonds is 7. The summed E-state index contributed by atoms with van der Waals surface area (Å²) in [6, 6.07) is 0. The van der Waals surface area contributed by atoms with Gasteiger partial charge in [-0.05, 0) is 85.7 Å². The van der Waals surface area contributed by atoms with Gasteiger partial charge >= 0.3 is 12.1 Å². The number of halogens is 5. The summed E-state index contributed by atoms with van der Waals surface area (Å²) >= 11 is 0. The first-order valence-electron chi connectivity index (χ1n) is 13.9. The minimum absolute atomic E-state index is 0.0592. The standard InChI is InChI=1S/C30H39F5O4/c1-17(6-11-25(38)28(13-14-28)26(39)29(31,32)30(33,34)35)22-9-10-23-19(5-4-12-27(22,23)3)7-8-20-15-21(36)16-24(37)18(20)2/h6-8,11,17,21-25,36-38H,2,4-5,9-10,12-16H2,1,3H3/b11-6+,19-7+,20-8-/t17-,21-,22-,23+,24+,25-,27-/m1/s1. The van der Waals surface area contributed by atoms with Crippen molar-refractivity contribution in [1.82, 2.24) is 0 Å². The van der Waals surface area contributed by atoms with Crippen molar-refractivity contribution in [2.45, 2.75) is 102 Å². The highest BCUT2D eigenvalue weighted by molar-refractivity contribution is 5.94. The predicted molar refractivity (Wildman–Crippen MR) is 137 cm³/mol. The van der Waals surface area contributed by atoms with Crippen molar-refractivity contribution in [2.75, 3.05) is 0 Å². The van der Waals surface area contributed by atoms with Gasteiger partial charge in [0.1, 0.15) is 0 Å². The van der Waals surface area contributed by atoms with Gasteiger partial charge in [0.25, 0.3) is 0 Å². The van der Waals surface area contributed by atoms with Crippen LogP contribution in [-0.4, -0.2) is 51.5 Å². The molecule has 0 aliphatic heterocycles. The number of aliphatic hydroxyl groups is 3. The van der Waals surface area contributed by atoms with Gasteiger partial charge in [-0.3, -0.25) is 4.79 Å². The maximum absolute atomic E-state index is 13.7. The molecule has 0 heterocycles. The van der Waals surface area contributed by atoms with Crippen LogP contribution in [0, 0.1) is 28.6 Å². The van der Waals surface area contributed by atoms with E-state index in [0.717, 1.165) is 37.7 Å². The van der Waals surface area contributed by atoms with Crippen molar-refractivity contribution in [1.29, 1.82) is 0 Å². The van der Waals surface area contributed by atoms with Crippen LogP contribution in [0.15, 0.2) is 47.6 Å². The molecule has 0 bridgehead atoms. The topological polar surface area (TPSA) is 77.8 Å². The molecule has 39 heavy (non-hydrogen) atoms. The van der Waals surface area contributed by atoms with Gasteiger partial charge in [-0.2, -0.15) is 22.0 Å². The quantitative estimate of drug-likeness (QED) is 0.256. The van der Waals surface area contributed by atoms with E-state index < -0.39 is 41.6 Å². The molecule has 0 aromatic carbocycles. The highest BCUT2D eigenvalue weighted by Gasteiger charge is 2.71. The lowest BCUT2D eigenvalue weighted by molar-refractivity contribution is -0.272. The van der Waals surface area contributed by atoms with Crippen LogP contribution in [0.4, 0.5) is 22.0 Å². The first kappa shape index (κ1) is 30.1. The molecule has 4 saturated carbocycles. The van der Waals surface area contributed by atoms with E-state index in [1.54, 1.807) is 6.08 Å². The molecule has 0 aromatic heterocycles. The molecule has 218 valence electrons. The maximum atomic E-state index is 13.7. The Morgan fingerprint density at radius 3 is 2.36 bits per heavy atom. The second-order valence-electron chi connectivity index (χ2n) is 12.4. The minimum Gasteiger partial charge on any atom is -0.393 e. The van der Waals surface area contributed by atoms with E-state index in [2.05, 4.69) is 19.6 Å². The number of fused-ring (bicyclic) bond motifs is 1. The molecular weight excluding hydrogens is 519 g/mol. The number of aliphatic hydroxyl groups excluding tert-OH is 3. The fourth-order valence-electron chi connectivity index (χ4n) is 7.44. The largest absolute Gasteiger partial charge is 0.461 e. The molecule has 0 spiro atoms. The first-order valence-corrected chi connectivity index (χ1v) is 13.9. The average Bonchev–Trinajstić information content (AvgIpc) is 3.58. The third-order valence-corrected chi connectivity index (χ3v) is 9.98. The van der Waals surface area contributed by atoms with Gasteiger partial charge in [0, 0.05) is 6.42 Å². The Hall–Kier alpha value is -1.84. The summed E-state index contributed by atoms with van der Waals surface area (Å²) in [7, 11) is 0. The number of alkyl halides is 5. The Bertz CT molecular complexity index is 1070. The van der Waals surface area contributed by atoms with E-state index in [9.17, 15) is 42.1 Å². The molecule has 4 fully saturated rings. The zero-order chi connectivity index (χ0) is 29.0. The van der Waals surface area contributed by atoms with Crippen LogP contribution < -0.4 is 0 Å². The molecule has 0 unspecified atom stereocenters. The SMILES string of the molecule is C=C1/C(=C\C=C2/CCC[C@]3(C)[C@@H]([C@H](C)/C=C/[C@@H](O)C4(C(=O)C(F)(F)C(F)(F)F)CC4)CC[C@@H]23)C[C@@H](O)C[C@@H]1O. The second-order valence-corrected chi connectivity index (χ2v) is 12.4. The first-order chi connectivity index (χ1) is 18.0. The Labute approximate surface area is 226 Å². The van der Waals surface area contributed by atoms with Gasteiger partial charge in [-0.1, -0.05) is 50.3 Å². The molecule has 7 atom stereocenters. The Balaban J connectivity index is 1.47. The van der Waals surface area contributed by atoms with Crippen LogP contribution >= 0.6 is 0 Å². The second kappa shape index (κ2) is 10.5. The predicted octanol–water partition coefficient (Wildman–Crippen LogP) is 6.23. The Morgan fingerprint density at radius 2 is 1.74 bits per heavy atom. The molecule has 3 N–H and O–H groups in total. The van der Waals surface area contributed by atoms with Gasteiger partial charge in [-0.25, -0.2) is 0 Å². The van der Waals surface area contributed by atoms with Crippen molar-refractivity contribution in [3.05, 3.63) is 47.6 Å². The van der Waals surface area contributed by atoms with E-state index in [1.165, 1.54) is 11.6 Å². The summed E-state index contributed by atoms with van der Waals surface area (Å²) < 4.78 is 65.8. The average molecular weight is 559 g/mol. The lowest BCUT2D eigenvalue weighted by atomic mass is 9.61. The van der Waals surface area contributed by atoms with Crippen LogP contribution in [0.5, 0.6) is 0 Å². The monoisotopic (exact) mass is 558 g/mol. The summed E-state index contributed by atoms with van der Waals surface area (Å²) in [5.74, 6) is -7.31. The van der Waals surface area contributed by atoms with Crippen LogP contribution in [0.1, 0.15) is 71.6 Å². The van der Waals surface area contributed by atoms with Crippen molar-refractivity contribution in [2.24, 2.45) is 28.6 Å². The van der Waals surface area contributed by atoms with Gasteiger partial charge in [0.05, 0.1) is 23.7 Å². The highest BCUT2D eigenvalue weighted by atomic mass is 19.4. The van der Waals surface area contributed by atoms with E-state index in [1.807, 2.05) is 13.0 Å². The zero-order valence-electron chi connectivity index (χ0n) is 22.5.